The summed E-state index contributed by atoms with van der Waals surface area (Å²) in [5, 5.41) is 7.80. The first-order valence-corrected chi connectivity index (χ1v) is 9.42. The van der Waals surface area contributed by atoms with Crippen molar-refractivity contribution >= 4 is 17.5 Å². The molecular weight excluding hydrogens is 379 g/mol. The largest absolute Gasteiger partial charge is 0.480 e. The summed E-state index contributed by atoms with van der Waals surface area (Å²) >= 11 is 0. The Morgan fingerprint density at radius 2 is 1.83 bits per heavy atom. The van der Waals surface area contributed by atoms with Crippen LogP contribution in [-0.2, 0) is 9.59 Å². The first-order valence-electron chi connectivity index (χ1n) is 9.42. The zero-order valence-corrected chi connectivity index (χ0v) is 16.0. The maximum Gasteiger partial charge on any atom is 0.233 e. The van der Waals surface area contributed by atoms with E-state index >= 15 is 0 Å². The Balaban J connectivity index is 1.34. The summed E-state index contributed by atoms with van der Waals surface area (Å²) in [5.41, 5.74) is 0.604. The van der Waals surface area contributed by atoms with E-state index in [9.17, 15) is 14.0 Å². The molecule has 2 aliphatic rings. The number of nitrogens with zero attached hydrogens (tertiary/aromatic N) is 4. The SMILES string of the molecule is COc1ccc(OC2CCN(C(=O)C3CC(=O)N(c4ccc(F)cc4)C3)C2)nn1. The summed E-state index contributed by atoms with van der Waals surface area (Å²) in [4.78, 5) is 28.5. The molecule has 9 heteroatoms. The molecule has 1 aromatic heterocycles. The van der Waals surface area contributed by atoms with Gasteiger partial charge < -0.3 is 19.3 Å². The van der Waals surface area contributed by atoms with E-state index in [1.165, 1.54) is 19.2 Å². The van der Waals surface area contributed by atoms with E-state index in [0.29, 0.717) is 43.5 Å². The Kier molecular flexibility index (Phi) is 5.28. The van der Waals surface area contributed by atoms with E-state index < -0.39 is 5.92 Å². The number of carbonyl (C=O) groups excluding carboxylic acids is 2. The normalized spacial score (nSPS) is 21.5. The fourth-order valence-corrected chi connectivity index (χ4v) is 3.68. The van der Waals surface area contributed by atoms with E-state index in [1.54, 1.807) is 34.1 Å². The standard InChI is InChI=1S/C20H21FN4O4/c1-28-17-6-7-18(23-22-17)29-16-8-9-24(12-16)20(27)13-10-19(26)25(11-13)15-4-2-14(21)3-5-15/h2-7,13,16H,8-12H2,1H3. The number of halogens is 1. The van der Waals surface area contributed by atoms with Gasteiger partial charge in [0.05, 0.1) is 19.6 Å². The maximum atomic E-state index is 13.1. The van der Waals surface area contributed by atoms with Crippen LogP contribution < -0.4 is 14.4 Å². The second kappa shape index (κ2) is 8.02. The number of anilines is 1. The summed E-state index contributed by atoms with van der Waals surface area (Å²) in [6.45, 7) is 1.30. The highest BCUT2D eigenvalue weighted by atomic mass is 19.1. The third-order valence-corrected chi connectivity index (χ3v) is 5.18. The number of hydrogen-bond donors (Lipinski definition) is 0. The van der Waals surface area contributed by atoms with Gasteiger partial charge in [-0.1, -0.05) is 0 Å². The second-order valence-corrected chi connectivity index (χ2v) is 7.11. The van der Waals surface area contributed by atoms with Crippen LogP contribution in [0.25, 0.3) is 0 Å². The number of methoxy groups -OCH3 is 1. The van der Waals surface area contributed by atoms with E-state index in [0.717, 1.165) is 0 Å². The van der Waals surface area contributed by atoms with Crippen LogP contribution in [0.3, 0.4) is 0 Å². The van der Waals surface area contributed by atoms with Gasteiger partial charge in [0.2, 0.25) is 23.6 Å². The molecule has 1 aromatic carbocycles. The van der Waals surface area contributed by atoms with Crippen LogP contribution in [0, 0.1) is 11.7 Å². The van der Waals surface area contributed by atoms with Gasteiger partial charge in [0, 0.05) is 43.8 Å². The average molecular weight is 400 g/mol. The molecule has 2 fully saturated rings. The summed E-state index contributed by atoms with van der Waals surface area (Å²) in [6, 6.07) is 9.05. The molecule has 29 heavy (non-hydrogen) atoms. The van der Waals surface area contributed by atoms with Crippen molar-refractivity contribution in [2.45, 2.75) is 18.9 Å². The van der Waals surface area contributed by atoms with Gasteiger partial charge >= 0.3 is 0 Å². The van der Waals surface area contributed by atoms with Crippen LogP contribution in [0.1, 0.15) is 12.8 Å². The molecule has 0 N–H and O–H groups in total. The highest BCUT2D eigenvalue weighted by molar-refractivity contribution is 6.00. The Hall–Kier alpha value is -3.23. The second-order valence-electron chi connectivity index (χ2n) is 7.11. The Bertz CT molecular complexity index is 890. The lowest BCUT2D eigenvalue weighted by atomic mass is 10.1. The number of benzene rings is 1. The van der Waals surface area contributed by atoms with Crippen molar-refractivity contribution in [3.8, 4) is 11.8 Å². The number of rotatable bonds is 5. The lowest BCUT2D eigenvalue weighted by Crippen LogP contribution is -2.37. The molecule has 4 rings (SSSR count). The van der Waals surface area contributed by atoms with E-state index in [2.05, 4.69) is 10.2 Å². The van der Waals surface area contributed by atoms with Gasteiger partial charge in [-0.25, -0.2) is 4.39 Å². The van der Waals surface area contributed by atoms with Gasteiger partial charge in [0.25, 0.3) is 0 Å². The summed E-state index contributed by atoms with van der Waals surface area (Å²) < 4.78 is 23.9. The van der Waals surface area contributed by atoms with Crippen molar-refractivity contribution in [2.75, 3.05) is 31.6 Å². The molecule has 2 amide bonds. The monoisotopic (exact) mass is 400 g/mol. The van der Waals surface area contributed by atoms with Crippen LogP contribution in [0.4, 0.5) is 10.1 Å². The number of aromatic nitrogens is 2. The van der Waals surface area contributed by atoms with Gasteiger partial charge in [-0.2, -0.15) is 0 Å². The molecule has 2 saturated heterocycles. The highest BCUT2D eigenvalue weighted by Gasteiger charge is 2.39. The predicted molar refractivity (Wildman–Crippen MR) is 101 cm³/mol. The lowest BCUT2D eigenvalue weighted by Gasteiger charge is -2.21. The fraction of sp³-hybridized carbons (Fsp3) is 0.400. The van der Waals surface area contributed by atoms with Crippen LogP contribution in [-0.4, -0.2) is 59.8 Å². The lowest BCUT2D eigenvalue weighted by molar-refractivity contribution is -0.135. The maximum absolute atomic E-state index is 13.1. The number of hydrogen-bond acceptors (Lipinski definition) is 6. The zero-order valence-electron chi connectivity index (χ0n) is 16.0. The molecule has 8 nitrogen and oxygen atoms in total. The van der Waals surface area contributed by atoms with Crippen molar-refractivity contribution in [1.29, 1.82) is 0 Å². The smallest absolute Gasteiger partial charge is 0.233 e. The third kappa shape index (κ3) is 4.13. The van der Waals surface area contributed by atoms with E-state index in [-0.39, 0.29) is 30.2 Å². The van der Waals surface area contributed by atoms with Gasteiger partial charge in [-0.3, -0.25) is 9.59 Å². The molecule has 2 atom stereocenters. The van der Waals surface area contributed by atoms with Crippen molar-refractivity contribution in [3.63, 3.8) is 0 Å². The fourth-order valence-electron chi connectivity index (χ4n) is 3.68. The molecule has 0 aliphatic carbocycles. The summed E-state index contributed by atoms with van der Waals surface area (Å²) in [5.74, 6) is -0.184. The third-order valence-electron chi connectivity index (χ3n) is 5.18. The number of ether oxygens (including phenoxy) is 2. The van der Waals surface area contributed by atoms with Gasteiger partial charge in [0.1, 0.15) is 11.9 Å². The summed E-state index contributed by atoms with van der Waals surface area (Å²) in [7, 11) is 1.51. The average Bonchev–Trinajstić information content (AvgIpc) is 3.35. The van der Waals surface area contributed by atoms with Gasteiger partial charge in [0.15, 0.2) is 0 Å². The molecular formula is C20H21FN4O4. The minimum absolute atomic E-state index is 0.0603. The quantitative estimate of drug-likeness (QED) is 0.759. The van der Waals surface area contributed by atoms with E-state index in [4.69, 9.17) is 9.47 Å². The molecule has 0 spiro atoms. The Morgan fingerprint density at radius 3 is 2.52 bits per heavy atom. The molecule has 152 valence electrons. The number of carbonyl (C=O) groups is 2. The Labute approximate surface area is 167 Å². The van der Waals surface area contributed by atoms with Crippen molar-refractivity contribution < 1.29 is 23.5 Å². The van der Waals surface area contributed by atoms with Gasteiger partial charge in [-0.15, -0.1) is 10.2 Å². The van der Waals surface area contributed by atoms with Crippen molar-refractivity contribution in [3.05, 3.63) is 42.2 Å². The topological polar surface area (TPSA) is 84.9 Å². The summed E-state index contributed by atoms with van der Waals surface area (Å²) in [6.07, 6.45) is 0.663. The first kappa shape index (κ1) is 19.1. The molecule has 2 aliphatic heterocycles. The van der Waals surface area contributed by atoms with Crippen LogP contribution in [0.2, 0.25) is 0 Å². The van der Waals surface area contributed by atoms with Crippen LogP contribution in [0.5, 0.6) is 11.8 Å². The first-order chi connectivity index (χ1) is 14.0. The highest BCUT2D eigenvalue weighted by Crippen LogP contribution is 2.28. The van der Waals surface area contributed by atoms with Crippen molar-refractivity contribution in [1.82, 2.24) is 15.1 Å². The molecule has 0 bridgehead atoms. The van der Waals surface area contributed by atoms with Crippen LogP contribution >= 0.6 is 0 Å². The predicted octanol–water partition coefficient (Wildman–Crippen LogP) is 1.66. The number of likely N-dealkylation sites (tertiary alicyclic amines) is 1. The van der Waals surface area contributed by atoms with Crippen molar-refractivity contribution in [2.24, 2.45) is 5.92 Å². The molecule has 3 heterocycles. The van der Waals surface area contributed by atoms with Crippen LogP contribution in [0.15, 0.2) is 36.4 Å². The zero-order chi connectivity index (χ0) is 20.4. The molecule has 0 saturated carbocycles. The minimum Gasteiger partial charge on any atom is -0.480 e. The molecule has 2 unspecified atom stereocenters. The van der Waals surface area contributed by atoms with E-state index in [1.807, 2.05) is 0 Å². The minimum atomic E-state index is -0.410. The molecule has 0 radical (unpaired) electrons. The van der Waals surface area contributed by atoms with Gasteiger partial charge in [-0.05, 0) is 24.3 Å². The number of amides is 2. The molecule has 2 aromatic rings. The Morgan fingerprint density at radius 1 is 1.10 bits per heavy atom.